The summed E-state index contributed by atoms with van der Waals surface area (Å²) in [4.78, 5) is 23.9. The summed E-state index contributed by atoms with van der Waals surface area (Å²) in [5, 5.41) is 18.5. The van der Waals surface area contributed by atoms with Gasteiger partial charge in [0.1, 0.15) is 5.69 Å². The molecule has 2 aromatic rings. The minimum absolute atomic E-state index is 0.117. The van der Waals surface area contributed by atoms with Gasteiger partial charge in [0.25, 0.3) is 11.6 Å². The van der Waals surface area contributed by atoms with Crippen LogP contribution in [-0.2, 0) is 0 Å². The second kappa shape index (κ2) is 6.36. The molecule has 110 valence electrons. The molecule has 0 aliphatic carbocycles. The molecule has 21 heavy (non-hydrogen) atoms. The topological polar surface area (TPSA) is 84.3 Å². The first-order valence-corrected chi connectivity index (χ1v) is 7.22. The highest BCUT2D eigenvalue weighted by Crippen LogP contribution is 2.28. The van der Waals surface area contributed by atoms with Gasteiger partial charge in [-0.3, -0.25) is 14.9 Å². The third-order valence-corrected chi connectivity index (χ3v) is 4.11. The lowest BCUT2D eigenvalue weighted by molar-refractivity contribution is -0.384. The number of carbonyl (C=O) groups is 1. The fourth-order valence-electron chi connectivity index (χ4n) is 2.03. The fraction of sp³-hybridized carbons (Fsp3) is 0.214. The number of nitrogens with one attached hydrogen (secondary N) is 2. The number of nitro benzene ring substituents is 1. The number of benzene rings is 1. The van der Waals surface area contributed by atoms with Crippen molar-refractivity contribution in [2.24, 2.45) is 0 Å². The molecule has 0 aliphatic rings. The van der Waals surface area contributed by atoms with Crippen LogP contribution in [0.4, 0.5) is 11.4 Å². The Morgan fingerprint density at radius 2 is 2.10 bits per heavy atom. The first kappa shape index (κ1) is 15.0. The van der Waals surface area contributed by atoms with E-state index in [-0.39, 0.29) is 28.9 Å². The van der Waals surface area contributed by atoms with Crippen molar-refractivity contribution in [2.75, 3.05) is 12.4 Å². The van der Waals surface area contributed by atoms with Gasteiger partial charge in [0.15, 0.2) is 0 Å². The number of hydrogen-bond acceptors (Lipinski definition) is 5. The number of amides is 1. The van der Waals surface area contributed by atoms with Gasteiger partial charge < -0.3 is 10.6 Å². The van der Waals surface area contributed by atoms with E-state index < -0.39 is 4.92 Å². The molecular weight excluding hydrogens is 290 g/mol. The van der Waals surface area contributed by atoms with E-state index in [4.69, 9.17) is 0 Å². The van der Waals surface area contributed by atoms with Crippen LogP contribution < -0.4 is 10.6 Å². The van der Waals surface area contributed by atoms with Crippen LogP contribution in [-0.4, -0.2) is 17.9 Å². The predicted molar refractivity (Wildman–Crippen MR) is 82.8 cm³/mol. The van der Waals surface area contributed by atoms with E-state index in [2.05, 4.69) is 10.6 Å². The lowest BCUT2D eigenvalue weighted by Gasteiger charge is -2.14. The molecule has 0 aliphatic heterocycles. The smallest absolute Gasteiger partial charge is 0.293 e. The Kier molecular flexibility index (Phi) is 4.54. The molecule has 0 bridgehead atoms. The summed E-state index contributed by atoms with van der Waals surface area (Å²) in [5.41, 5.74) is 0.363. The summed E-state index contributed by atoms with van der Waals surface area (Å²) in [6.07, 6.45) is 0. The van der Waals surface area contributed by atoms with E-state index in [1.807, 2.05) is 24.4 Å². The molecule has 0 spiro atoms. The average Bonchev–Trinajstić information content (AvgIpc) is 3.00. The van der Waals surface area contributed by atoms with Gasteiger partial charge in [0.05, 0.1) is 16.5 Å². The molecule has 1 aromatic heterocycles. The molecule has 1 amide bonds. The molecule has 2 N–H and O–H groups in total. The molecule has 6 nitrogen and oxygen atoms in total. The maximum atomic E-state index is 12.3. The fourth-order valence-corrected chi connectivity index (χ4v) is 2.76. The molecule has 0 radical (unpaired) electrons. The molecule has 0 saturated carbocycles. The van der Waals surface area contributed by atoms with Crippen LogP contribution in [0.5, 0.6) is 0 Å². The highest BCUT2D eigenvalue weighted by molar-refractivity contribution is 7.10. The number of carbonyl (C=O) groups excluding carboxylic acids is 1. The molecule has 1 unspecified atom stereocenters. The van der Waals surface area contributed by atoms with Crippen LogP contribution >= 0.6 is 11.3 Å². The Bertz CT molecular complexity index is 655. The van der Waals surface area contributed by atoms with E-state index in [0.717, 1.165) is 4.88 Å². The molecular formula is C14H15N3O3S. The normalized spacial score (nSPS) is 11.7. The van der Waals surface area contributed by atoms with Crippen LogP contribution in [0.1, 0.15) is 28.2 Å². The van der Waals surface area contributed by atoms with Crippen molar-refractivity contribution in [3.8, 4) is 0 Å². The molecule has 7 heteroatoms. The third-order valence-electron chi connectivity index (χ3n) is 3.05. The molecule has 1 aromatic carbocycles. The largest absolute Gasteiger partial charge is 0.382 e. The monoisotopic (exact) mass is 305 g/mol. The van der Waals surface area contributed by atoms with Gasteiger partial charge in [-0.15, -0.1) is 11.3 Å². The van der Waals surface area contributed by atoms with E-state index in [1.54, 1.807) is 24.5 Å². The lowest BCUT2D eigenvalue weighted by atomic mass is 10.1. The van der Waals surface area contributed by atoms with Gasteiger partial charge in [0.2, 0.25) is 0 Å². The zero-order valence-corrected chi connectivity index (χ0v) is 12.4. The number of rotatable bonds is 5. The molecule has 2 rings (SSSR count). The van der Waals surface area contributed by atoms with Crippen molar-refractivity contribution < 1.29 is 9.72 Å². The summed E-state index contributed by atoms with van der Waals surface area (Å²) in [5.74, 6) is -0.344. The maximum absolute atomic E-state index is 12.3. The predicted octanol–water partition coefficient (Wildman–Crippen LogP) is 3.19. The number of nitrogens with zero attached hydrogens (tertiary/aromatic N) is 1. The first-order chi connectivity index (χ1) is 10.0. The summed E-state index contributed by atoms with van der Waals surface area (Å²) in [6.45, 7) is 1.88. The van der Waals surface area contributed by atoms with Crippen molar-refractivity contribution in [3.05, 3.63) is 56.3 Å². The molecule has 0 fully saturated rings. The maximum Gasteiger partial charge on any atom is 0.293 e. The van der Waals surface area contributed by atoms with E-state index in [1.165, 1.54) is 12.1 Å². The van der Waals surface area contributed by atoms with Gasteiger partial charge >= 0.3 is 0 Å². The van der Waals surface area contributed by atoms with Crippen LogP contribution in [0.3, 0.4) is 0 Å². The summed E-state index contributed by atoms with van der Waals surface area (Å²) < 4.78 is 0. The quantitative estimate of drug-likeness (QED) is 0.656. The highest BCUT2D eigenvalue weighted by Gasteiger charge is 2.21. The van der Waals surface area contributed by atoms with Gasteiger partial charge in [-0.25, -0.2) is 0 Å². The number of para-hydroxylation sites is 1. The summed E-state index contributed by atoms with van der Waals surface area (Å²) >= 11 is 1.55. The Morgan fingerprint density at radius 1 is 1.33 bits per heavy atom. The third kappa shape index (κ3) is 3.19. The van der Waals surface area contributed by atoms with Crippen molar-refractivity contribution >= 4 is 28.6 Å². The molecule has 1 atom stereocenters. The number of thiophene rings is 1. The van der Waals surface area contributed by atoms with Gasteiger partial charge in [-0.1, -0.05) is 12.1 Å². The van der Waals surface area contributed by atoms with Gasteiger partial charge in [0, 0.05) is 18.0 Å². The van der Waals surface area contributed by atoms with Crippen LogP contribution in [0.15, 0.2) is 35.7 Å². The number of nitro groups is 1. The second-order valence-electron chi connectivity index (χ2n) is 4.42. The van der Waals surface area contributed by atoms with Crippen LogP contribution in [0, 0.1) is 10.1 Å². The second-order valence-corrected chi connectivity index (χ2v) is 5.40. The van der Waals surface area contributed by atoms with E-state index >= 15 is 0 Å². The van der Waals surface area contributed by atoms with Crippen molar-refractivity contribution in [2.45, 2.75) is 13.0 Å². The SMILES string of the molecule is CNc1c(C(=O)NC(C)c2cccs2)cccc1[N+](=O)[O-]. The minimum atomic E-state index is -0.509. The van der Waals surface area contributed by atoms with E-state index in [9.17, 15) is 14.9 Å². The Hall–Kier alpha value is -2.41. The van der Waals surface area contributed by atoms with Crippen molar-refractivity contribution in [1.82, 2.24) is 5.32 Å². The van der Waals surface area contributed by atoms with Crippen LogP contribution in [0.2, 0.25) is 0 Å². The lowest BCUT2D eigenvalue weighted by Crippen LogP contribution is -2.27. The number of hydrogen-bond donors (Lipinski definition) is 2. The van der Waals surface area contributed by atoms with Gasteiger partial charge in [-0.05, 0) is 24.4 Å². The van der Waals surface area contributed by atoms with E-state index in [0.29, 0.717) is 0 Å². The Labute approximate surface area is 126 Å². The summed E-state index contributed by atoms with van der Waals surface area (Å²) in [6, 6.07) is 8.13. The summed E-state index contributed by atoms with van der Waals surface area (Å²) in [7, 11) is 1.56. The average molecular weight is 305 g/mol. The Balaban J connectivity index is 2.27. The number of anilines is 1. The first-order valence-electron chi connectivity index (χ1n) is 6.34. The van der Waals surface area contributed by atoms with Crippen molar-refractivity contribution in [1.29, 1.82) is 0 Å². The Morgan fingerprint density at radius 3 is 2.67 bits per heavy atom. The zero-order chi connectivity index (χ0) is 15.4. The van der Waals surface area contributed by atoms with Crippen LogP contribution in [0.25, 0.3) is 0 Å². The zero-order valence-electron chi connectivity index (χ0n) is 11.6. The van der Waals surface area contributed by atoms with Gasteiger partial charge in [-0.2, -0.15) is 0 Å². The molecule has 0 saturated heterocycles. The molecule has 1 heterocycles. The minimum Gasteiger partial charge on any atom is -0.382 e. The van der Waals surface area contributed by atoms with Crippen molar-refractivity contribution in [3.63, 3.8) is 0 Å². The highest BCUT2D eigenvalue weighted by atomic mass is 32.1. The standard InChI is InChI=1S/C14H15N3O3S/c1-9(12-7-4-8-21-12)16-14(18)10-5-3-6-11(17(19)20)13(10)15-2/h3-9,15H,1-2H3,(H,16,18).